The van der Waals surface area contributed by atoms with E-state index in [-0.39, 0.29) is 5.97 Å². The van der Waals surface area contributed by atoms with E-state index in [2.05, 4.69) is 0 Å². The number of carbonyl (C=O) groups is 1. The minimum atomic E-state index is -0.304. The smallest absolute Gasteiger partial charge is 0.338 e. The van der Waals surface area contributed by atoms with E-state index < -0.39 is 0 Å². The maximum Gasteiger partial charge on any atom is 0.338 e. The number of hydrogen-bond acceptors (Lipinski definition) is 2. The summed E-state index contributed by atoms with van der Waals surface area (Å²) in [5, 5.41) is 0. The Balaban J connectivity index is 2.25. The Morgan fingerprint density at radius 3 is 2.24 bits per heavy atom. The van der Waals surface area contributed by atoms with Crippen LogP contribution in [0.4, 0.5) is 0 Å². The van der Waals surface area contributed by atoms with Crippen LogP contribution in [0.3, 0.4) is 0 Å². The fourth-order valence-corrected chi connectivity index (χ4v) is 1.93. The third-order valence-electron chi connectivity index (χ3n) is 2.93. The summed E-state index contributed by atoms with van der Waals surface area (Å²) in [5.41, 5.74) is 2.50. The fourth-order valence-electron chi connectivity index (χ4n) is 1.93. The lowest BCUT2D eigenvalue weighted by Crippen LogP contribution is -2.06. The predicted molar refractivity (Wildman–Crippen MR) is 86.5 cm³/mol. The summed E-state index contributed by atoms with van der Waals surface area (Å²) in [7, 11) is 0. The largest absolute Gasteiger partial charge is 0.462 e. The number of benzene rings is 2. The zero-order valence-corrected chi connectivity index (χ0v) is 12.0. The molecule has 0 fully saturated rings. The summed E-state index contributed by atoms with van der Waals surface area (Å²) in [6.07, 6.45) is 5.62. The molecule has 2 aromatic carbocycles. The highest BCUT2D eigenvalue weighted by molar-refractivity contribution is 6.16. The van der Waals surface area contributed by atoms with Gasteiger partial charge in [-0.1, -0.05) is 72.8 Å². The molecule has 0 aromatic heterocycles. The molecule has 2 aromatic rings. The average Bonchev–Trinajstić information content (AvgIpc) is 2.53. The summed E-state index contributed by atoms with van der Waals surface area (Å²) < 4.78 is 5.12. The van der Waals surface area contributed by atoms with Crippen LogP contribution in [0.5, 0.6) is 0 Å². The Kier molecular flexibility index (Phi) is 5.53. The Labute approximate surface area is 125 Å². The SMILES string of the molecule is CCOC(=O)/C(=C/C=C/c1ccccc1)c1ccccc1. The first-order chi connectivity index (χ1) is 10.3. The zero-order valence-electron chi connectivity index (χ0n) is 12.0. The lowest BCUT2D eigenvalue weighted by molar-refractivity contribution is -0.136. The van der Waals surface area contributed by atoms with Gasteiger partial charge in [0.25, 0.3) is 0 Å². The quantitative estimate of drug-likeness (QED) is 0.462. The van der Waals surface area contributed by atoms with Gasteiger partial charge < -0.3 is 4.74 Å². The van der Waals surface area contributed by atoms with Crippen LogP contribution in [0.1, 0.15) is 18.1 Å². The van der Waals surface area contributed by atoms with E-state index in [9.17, 15) is 4.79 Å². The van der Waals surface area contributed by atoms with Crippen molar-refractivity contribution < 1.29 is 9.53 Å². The van der Waals surface area contributed by atoms with Gasteiger partial charge in [-0.05, 0) is 24.1 Å². The highest BCUT2D eigenvalue weighted by Crippen LogP contribution is 2.16. The second kappa shape index (κ2) is 7.85. The monoisotopic (exact) mass is 278 g/mol. The second-order valence-electron chi connectivity index (χ2n) is 4.44. The number of esters is 1. The maximum atomic E-state index is 12.1. The molecule has 2 rings (SSSR count). The van der Waals surface area contributed by atoms with Crippen LogP contribution >= 0.6 is 0 Å². The number of hydrogen-bond donors (Lipinski definition) is 0. The summed E-state index contributed by atoms with van der Waals surface area (Å²) in [4.78, 5) is 12.1. The molecule has 0 bridgehead atoms. The molecule has 0 unspecified atom stereocenters. The summed E-state index contributed by atoms with van der Waals surface area (Å²) in [5.74, 6) is -0.304. The molecule has 0 aliphatic rings. The Morgan fingerprint density at radius 2 is 1.62 bits per heavy atom. The van der Waals surface area contributed by atoms with E-state index in [0.717, 1.165) is 11.1 Å². The molecular formula is C19H18O2. The highest BCUT2D eigenvalue weighted by atomic mass is 16.5. The van der Waals surface area contributed by atoms with E-state index in [1.54, 1.807) is 13.0 Å². The van der Waals surface area contributed by atoms with Gasteiger partial charge in [0, 0.05) is 0 Å². The maximum absolute atomic E-state index is 12.1. The van der Waals surface area contributed by atoms with Crippen molar-refractivity contribution in [2.75, 3.05) is 6.61 Å². The van der Waals surface area contributed by atoms with Crippen molar-refractivity contribution in [2.24, 2.45) is 0 Å². The lowest BCUT2D eigenvalue weighted by atomic mass is 10.1. The van der Waals surface area contributed by atoms with E-state index >= 15 is 0 Å². The number of ether oxygens (including phenoxy) is 1. The van der Waals surface area contributed by atoms with Gasteiger partial charge >= 0.3 is 5.97 Å². The summed E-state index contributed by atoms with van der Waals surface area (Å²) in [6, 6.07) is 19.5. The van der Waals surface area contributed by atoms with Crippen molar-refractivity contribution in [2.45, 2.75) is 6.92 Å². The van der Waals surface area contributed by atoms with E-state index in [0.29, 0.717) is 12.2 Å². The number of carbonyl (C=O) groups excluding carboxylic acids is 1. The van der Waals surface area contributed by atoms with Crippen molar-refractivity contribution >= 4 is 17.6 Å². The van der Waals surface area contributed by atoms with Crippen LogP contribution in [0.2, 0.25) is 0 Å². The van der Waals surface area contributed by atoms with E-state index in [4.69, 9.17) is 4.74 Å². The van der Waals surface area contributed by atoms with Gasteiger partial charge in [-0.2, -0.15) is 0 Å². The summed E-state index contributed by atoms with van der Waals surface area (Å²) in [6.45, 7) is 2.17. The van der Waals surface area contributed by atoms with E-state index in [1.165, 1.54) is 0 Å². The van der Waals surface area contributed by atoms with Gasteiger partial charge in [0.15, 0.2) is 0 Å². The Morgan fingerprint density at radius 1 is 1.00 bits per heavy atom. The van der Waals surface area contributed by atoms with Crippen LogP contribution < -0.4 is 0 Å². The molecule has 2 nitrogen and oxygen atoms in total. The third kappa shape index (κ3) is 4.46. The molecule has 0 amide bonds. The minimum absolute atomic E-state index is 0.304. The normalized spacial score (nSPS) is 11.6. The molecule has 0 aliphatic carbocycles. The van der Waals surface area contributed by atoms with Crippen LogP contribution in [0.15, 0.2) is 72.8 Å². The Bertz CT molecular complexity index is 625. The molecule has 0 spiro atoms. The van der Waals surface area contributed by atoms with Crippen molar-refractivity contribution in [1.82, 2.24) is 0 Å². The fraction of sp³-hybridized carbons (Fsp3) is 0.105. The molecule has 106 valence electrons. The van der Waals surface area contributed by atoms with Crippen molar-refractivity contribution in [3.05, 3.63) is 83.9 Å². The molecule has 0 saturated heterocycles. The molecule has 0 N–H and O–H groups in total. The molecule has 0 atom stereocenters. The second-order valence-corrected chi connectivity index (χ2v) is 4.44. The van der Waals surface area contributed by atoms with Gasteiger partial charge in [-0.15, -0.1) is 0 Å². The van der Waals surface area contributed by atoms with Crippen LogP contribution in [-0.4, -0.2) is 12.6 Å². The minimum Gasteiger partial charge on any atom is -0.462 e. The predicted octanol–water partition coefficient (Wildman–Crippen LogP) is 4.35. The third-order valence-corrected chi connectivity index (χ3v) is 2.93. The van der Waals surface area contributed by atoms with Gasteiger partial charge in [0.2, 0.25) is 0 Å². The first-order valence-corrected chi connectivity index (χ1v) is 6.97. The Hall–Kier alpha value is -2.61. The van der Waals surface area contributed by atoms with Crippen LogP contribution in [0, 0.1) is 0 Å². The van der Waals surface area contributed by atoms with Gasteiger partial charge in [-0.3, -0.25) is 0 Å². The molecule has 0 radical (unpaired) electrons. The van der Waals surface area contributed by atoms with Crippen molar-refractivity contribution in [1.29, 1.82) is 0 Å². The first kappa shape index (κ1) is 14.8. The van der Waals surface area contributed by atoms with Crippen molar-refractivity contribution in [3.8, 4) is 0 Å². The average molecular weight is 278 g/mol. The molecule has 0 aliphatic heterocycles. The molecule has 0 heterocycles. The van der Waals surface area contributed by atoms with Gasteiger partial charge in [0.05, 0.1) is 12.2 Å². The zero-order chi connectivity index (χ0) is 14.9. The number of rotatable bonds is 5. The standard InChI is InChI=1S/C19H18O2/c1-2-21-19(20)18(17-13-7-4-8-14-17)15-9-12-16-10-5-3-6-11-16/h3-15H,2H2,1H3/b12-9+,18-15+. The number of allylic oxidation sites excluding steroid dienone is 2. The van der Waals surface area contributed by atoms with Gasteiger partial charge in [0.1, 0.15) is 0 Å². The highest BCUT2D eigenvalue weighted by Gasteiger charge is 2.11. The molecule has 0 saturated carbocycles. The molecular weight excluding hydrogens is 260 g/mol. The first-order valence-electron chi connectivity index (χ1n) is 6.97. The molecule has 2 heteroatoms. The van der Waals surface area contributed by atoms with Crippen LogP contribution in [-0.2, 0) is 9.53 Å². The van der Waals surface area contributed by atoms with Gasteiger partial charge in [-0.25, -0.2) is 4.79 Å². The van der Waals surface area contributed by atoms with E-state index in [1.807, 2.05) is 72.8 Å². The van der Waals surface area contributed by atoms with Crippen molar-refractivity contribution in [3.63, 3.8) is 0 Å². The summed E-state index contributed by atoms with van der Waals surface area (Å²) >= 11 is 0. The van der Waals surface area contributed by atoms with Crippen LogP contribution in [0.25, 0.3) is 11.6 Å². The topological polar surface area (TPSA) is 26.3 Å². The lowest BCUT2D eigenvalue weighted by Gasteiger charge is -2.06. The molecule has 21 heavy (non-hydrogen) atoms.